The molecular formula is C16H23BrClN3O2. The van der Waals surface area contributed by atoms with E-state index in [1.807, 2.05) is 46.8 Å². The van der Waals surface area contributed by atoms with E-state index in [9.17, 15) is 4.79 Å². The van der Waals surface area contributed by atoms with E-state index in [0.717, 1.165) is 10.4 Å². The Bertz CT molecular complexity index is 579. The zero-order valence-corrected chi connectivity index (χ0v) is 16.5. The zero-order chi connectivity index (χ0) is 17.4. The van der Waals surface area contributed by atoms with Crippen LogP contribution in [0, 0.1) is 0 Å². The number of hydrogen-bond donors (Lipinski definition) is 0. The zero-order valence-electron chi connectivity index (χ0n) is 14.1. The second-order valence-electron chi connectivity index (χ2n) is 6.93. The molecule has 0 spiro atoms. The van der Waals surface area contributed by atoms with Crippen LogP contribution >= 0.6 is 27.5 Å². The molecule has 1 amide bonds. The topological polar surface area (TPSA) is 45.7 Å². The van der Waals surface area contributed by atoms with E-state index >= 15 is 0 Å². The molecule has 1 aliphatic rings. The smallest absolute Gasteiger partial charge is 0.410 e. The first-order valence-corrected chi connectivity index (χ1v) is 8.84. The number of piperazine rings is 1. The Morgan fingerprint density at radius 3 is 2.39 bits per heavy atom. The van der Waals surface area contributed by atoms with Crippen LogP contribution < -0.4 is 4.90 Å². The van der Waals surface area contributed by atoms with Crippen LogP contribution in [0.4, 0.5) is 10.6 Å². The molecule has 2 rings (SSSR count). The second kappa shape index (κ2) is 6.85. The number of hydrogen-bond acceptors (Lipinski definition) is 4. The van der Waals surface area contributed by atoms with Crippen molar-refractivity contribution in [1.82, 2.24) is 9.88 Å². The normalized spacial score (nSPS) is 22.2. The van der Waals surface area contributed by atoms with E-state index in [-0.39, 0.29) is 18.2 Å². The monoisotopic (exact) mass is 403 g/mol. The number of carbonyl (C=O) groups excluding carboxylic acids is 1. The maximum absolute atomic E-state index is 12.4. The van der Waals surface area contributed by atoms with Crippen LogP contribution in [0.1, 0.15) is 34.6 Å². The third kappa shape index (κ3) is 4.51. The summed E-state index contributed by atoms with van der Waals surface area (Å²) in [4.78, 5) is 20.8. The number of nitrogens with zero attached hydrogens (tertiary/aromatic N) is 3. The van der Waals surface area contributed by atoms with Gasteiger partial charge in [0.15, 0.2) is 0 Å². The van der Waals surface area contributed by atoms with Gasteiger partial charge in [-0.15, -0.1) is 0 Å². The molecule has 1 aromatic rings. The highest BCUT2D eigenvalue weighted by Gasteiger charge is 2.36. The lowest BCUT2D eigenvalue weighted by molar-refractivity contribution is 0.00561. The minimum Gasteiger partial charge on any atom is -0.444 e. The van der Waals surface area contributed by atoms with E-state index < -0.39 is 5.60 Å². The number of carbonyl (C=O) groups is 1. The lowest BCUT2D eigenvalue weighted by atomic mass is 10.1. The molecular weight excluding hydrogens is 382 g/mol. The van der Waals surface area contributed by atoms with Gasteiger partial charge in [-0.1, -0.05) is 11.6 Å². The first-order valence-electron chi connectivity index (χ1n) is 7.67. The molecule has 0 radical (unpaired) electrons. The Balaban J connectivity index is 2.16. The maximum atomic E-state index is 12.4. The minimum absolute atomic E-state index is 0.00504. The number of anilines is 1. The average Bonchev–Trinajstić information content (AvgIpc) is 2.38. The van der Waals surface area contributed by atoms with E-state index in [1.54, 1.807) is 4.90 Å². The molecule has 1 aromatic heterocycles. The molecule has 2 atom stereocenters. The third-order valence-electron chi connectivity index (χ3n) is 3.62. The van der Waals surface area contributed by atoms with Gasteiger partial charge in [-0.05, 0) is 62.7 Å². The maximum Gasteiger partial charge on any atom is 0.410 e. The van der Waals surface area contributed by atoms with Crippen LogP contribution in [0.5, 0.6) is 0 Å². The van der Waals surface area contributed by atoms with Crippen molar-refractivity contribution in [2.24, 2.45) is 0 Å². The SMILES string of the molecule is C[C@@H]1CN(c2nc(Br)ccc2Cl)C[C@H](C)N1C(=O)OC(C)(C)C. The predicted molar refractivity (Wildman–Crippen MR) is 96.2 cm³/mol. The van der Waals surface area contributed by atoms with Crippen LogP contribution in [0.2, 0.25) is 5.02 Å². The fourth-order valence-corrected chi connectivity index (χ4v) is 3.33. The van der Waals surface area contributed by atoms with E-state index in [4.69, 9.17) is 16.3 Å². The van der Waals surface area contributed by atoms with Gasteiger partial charge in [0.1, 0.15) is 16.0 Å². The number of pyridine rings is 1. The summed E-state index contributed by atoms with van der Waals surface area (Å²) in [6.07, 6.45) is -0.273. The summed E-state index contributed by atoms with van der Waals surface area (Å²) >= 11 is 9.66. The van der Waals surface area contributed by atoms with Gasteiger partial charge < -0.3 is 9.64 Å². The first kappa shape index (κ1) is 18.3. The Kier molecular flexibility index (Phi) is 5.46. The molecule has 0 N–H and O–H groups in total. The lowest BCUT2D eigenvalue weighted by Gasteiger charge is -2.45. The van der Waals surface area contributed by atoms with Gasteiger partial charge in [-0.3, -0.25) is 4.90 Å². The fraction of sp³-hybridized carbons (Fsp3) is 0.625. The molecule has 0 bridgehead atoms. The van der Waals surface area contributed by atoms with Crippen molar-refractivity contribution in [2.45, 2.75) is 52.3 Å². The van der Waals surface area contributed by atoms with Gasteiger partial charge in [0.05, 0.1) is 17.1 Å². The molecule has 1 aliphatic heterocycles. The lowest BCUT2D eigenvalue weighted by Crippen LogP contribution is -2.59. The van der Waals surface area contributed by atoms with Gasteiger partial charge in [0, 0.05) is 13.1 Å². The quantitative estimate of drug-likeness (QED) is 0.654. The molecule has 1 fully saturated rings. The van der Waals surface area contributed by atoms with Crippen LogP contribution in [-0.2, 0) is 4.74 Å². The summed E-state index contributed by atoms with van der Waals surface area (Å²) in [7, 11) is 0. The largest absolute Gasteiger partial charge is 0.444 e. The summed E-state index contributed by atoms with van der Waals surface area (Å²) in [6.45, 7) is 11.0. The molecule has 2 heterocycles. The van der Waals surface area contributed by atoms with Crippen molar-refractivity contribution >= 4 is 39.4 Å². The third-order valence-corrected chi connectivity index (χ3v) is 4.35. The highest BCUT2D eigenvalue weighted by molar-refractivity contribution is 9.10. The van der Waals surface area contributed by atoms with Crippen molar-refractivity contribution < 1.29 is 9.53 Å². The Hall–Kier alpha value is -1.01. The highest BCUT2D eigenvalue weighted by Crippen LogP contribution is 2.29. The summed E-state index contributed by atoms with van der Waals surface area (Å²) in [5, 5.41) is 0.610. The molecule has 0 aromatic carbocycles. The van der Waals surface area contributed by atoms with Crippen molar-refractivity contribution in [3.63, 3.8) is 0 Å². The van der Waals surface area contributed by atoms with Crippen LogP contribution in [0.25, 0.3) is 0 Å². The Morgan fingerprint density at radius 1 is 1.30 bits per heavy atom. The van der Waals surface area contributed by atoms with Crippen LogP contribution in [-0.4, -0.2) is 46.8 Å². The number of ether oxygens (including phenoxy) is 1. The van der Waals surface area contributed by atoms with Crippen molar-refractivity contribution in [1.29, 1.82) is 0 Å². The average molecular weight is 405 g/mol. The standard InChI is InChI=1S/C16H23BrClN3O2/c1-10-8-20(14-12(18)6-7-13(17)19-14)9-11(2)21(10)15(22)23-16(3,4)5/h6-7,10-11H,8-9H2,1-5H3/t10-,11+. The van der Waals surface area contributed by atoms with Crippen molar-refractivity contribution in [2.75, 3.05) is 18.0 Å². The number of rotatable bonds is 1. The van der Waals surface area contributed by atoms with Gasteiger partial charge in [-0.25, -0.2) is 9.78 Å². The second-order valence-corrected chi connectivity index (χ2v) is 8.15. The van der Waals surface area contributed by atoms with E-state index in [1.165, 1.54) is 0 Å². The molecule has 1 saturated heterocycles. The van der Waals surface area contributed by atoms with Gasteiger partial charge in [-0.2, -0.15) is 0 Å². The van der Waals surface area contributed by atoms with Crippen molar-refractivity contribution in [3.8, 4) is 0 Å². The fourth-order valence-electron chi connectivity index (χ4n) is 2.80. The molecule has 128 valence electrons. The predicted octanol–water partition coefficient (Wildman–Crippen LogP) is 4.33. The molecule has 0 saturated carbocycles. The number of amides is 1. The summed E-state index contributed by atoms with van der Waals surface area (Å²) in [5.74, 6) is 0.739. The van der Waals surface area contributed by atoms with Crippen LogP contribution in [0.3, 0.4) is 0 Å². The number of aromatic nitrogens is 1. The molecule has 5 nitrogen and oxygen atoms in total. The first-order chi connectivity index (χ1) is 10.6. The molecule has 0 aliphatic carbocycles. The summed E-state index contributed by atoms with van der Waals surface area (Å²) in [6, 6.07) is 3.65. The van der Waals surface area contributed by atoms with E-state index in [0.29, 0.717) is 18.1 Å². The Morgan fingerprint density at radius 2 is 1.87 bits per heavy atom. The van der Waals surface area contributed by atoms with Gasteiger partial charge >= 0.3 is 6.09 Å². The van der Waals surface area contributed by atoms with Crippen molar-refractivity contribution in [3.05, 3.63) is 21.8 Å². The summed E-state index contributed by atoms with van der Waals surface area (Å²) in [5.41, 5.74) is -0.497. The molecule has 7 heteroatoms. The van der Waals surface area contributed by atoms with Gasteiger partial charge in [0.2, 0.25) is 0 Å². The molecule has 23 heavy (non-hydrogen) atoms. The van der Waals surface area contributed by atoms with E-state index in [2.05, 4.69) is 25.8 Å². The minimum atomic E-state index is -0.497. The number of halogens is 2. The van der Waals surface area contributed by atoms with Crippen LogP contribution in [0.15, 0.2) is 16.7 Å². The molecule has 0 unspecified atom stereocenters. The highest BCUT2D eigenvalue weighted by atomic mass is 79.9. The summed E-state index contributed by atoms with van der Waals surface area (Å²) < 4.78 is 6.26. The Labute approximate surface area is 151 Å². The van der Waals surface area contributed by atoms with Gasteiger partial charge in [0.25, 0.3) is 0 Å².